The monoisotopic (exact) mass is 441 g/mol. The number of guanidine groups is 1. The SMILES string of the molecule is COc1ccc(NC(N)=NCC2CCSCC2)cc1Cl.I. The minimum atomic E-state index is 0. The maximum Gasteiger partial charge on any atom is 0.193 e. The van der Waals surface area contributed by atoms with Crippen molar-refractivity contribution in [2.75, 3.05) is 30.5 Å². The molecule has 0 radical (unpaired) electrons. The normalized spacial score (nSPS) is 16.2. The summed E-state index contributed by atoms with van der Waals surface area (Å²) < 4.78 is 5.11. The first-order valence-electron chi connectivity index (χ1n) is 6.67. The predicted octanol–water partition coefficient (Wildman–Crippen LogP) is 3.84. The lowest BCUT2D eigenvalue weighted by Gasteiger charge is -2.19. The lowest BCUT2D eigenvalue weighted by molar-refractivity contribution is 0.415. The van der Waals surface area contributed by atoms with E-state index in [0.717, 1.165) is 12.2 Å². The van der Waals surface area contributed by atoms with Gasteiger partial charge in [-0.2, -0.15) is 11.8 Å². The summed E-state index contributed by atoms with van der Waals surface area (Å²) in [5, 5.41) is 3.61. The molecule has 0 spiro atoms. The summed E-state index contributed by atoms with van der Waals surface area (Å²) in [5.41, 5.74) is 6.72. The number of aliphatic imine (C=N–C) groups is 1. The van der Waals surface area contributed by atoms with E-state index >= 15 is 0 Å². The highest BCUT2D eigenvalue weighted by Crippen LogP contribution is 2.27. The Labute approximate surface area is 152 Å². The molecule has 1 fully saturated rings. The summed E-state index contributed by atoms with van der Waals surface area (Å²) in [6.45, 7) is 0.795. The molecule has 7 heteroatoms. The third-order valence-electron chi connectivity index (χ3n) is 3.28. The quantitative estimate of drug-likeness (QED) is 0.423. The van der Waals surface area contributed by atoms with Gasteiger partial charge in [-0.05, 0) is 48.5 Å². The van der Waals surface area contributed by atoms with Crippen molar-refractivity contribution in [2.24, 2.45) is 16.6 Å². The Hall–Kier alpha value is -0.340. The van der Waals surface area contributed by atoms with Gasteiger partial charge >= 0.3 is 0 Å². The highest BCUT2D eigenvalue weighted by atomic mass is 127. The van der Waals surface area contributed by atoms with Gasteiger partial charge in [0.15, 0.2) is 5.96 Å². The van der Waals surface area contributed by atoms with E-state index in [-0.39, 0.29) is 24.0 Å². The van der Waals surface area contributed by atoms with Gasteiger partial charge < -0.3 is 15.8 Å². The smallest absolute Gasteiger partial charge is 0.193 e. The summed E-state index contributed by atoms with van der Waals surface area (Å²) in [4.78, 5) is 4.42. The number of ether oxygens (including phenoxy) is 1. The lowest BCUT2D eigenvalue weighted by atomic mass is 10.0. The van der Waals surface area contributed by atoms with Crippen molar-refractivity contribution in [2.45, 2.75) is 12.8 Å². The van der Waals surface area contributed by atoms with Crippen molar-refractivity contribution in [3.8, 4) is 5.75 Å². The number of methoxy groups -OCH3 is 1. The second-order valence-electron chi connectivity index (χ2n) is 4.76. The van der Waals surface area contributed by atoms with Gasteiger partial charge in [0.05, 0.1) is 12.1 Å². The Morgan fingerprint density at radius 3 is 2.81 bits per heavy atom. The van der Waals surface area contributed by atoms with E-state index in [2.05, 4.69) is 10.3 Å². The molecular weight excluding hydrogens is 421 g/mol. The van der Waals surface area contributed by atoms with Crippen molar-refractivity contribution in [3.05, 3.63) is 23.2 Å². The average molecular weight is 442 g/mol. The number of nitrogens with two attached hydrogens (primary N) is 1. The number of thioether (sulfide) groups is 1. The Balaban J connectivity index is 0.00000220. The summed E-state index contributed by atoms with van der Waals surface area (Å²) in [6, 6.07) is 5.45. The van der Waals surface area contributed by atoms with Gasteiger partial charge in [0.2, 0.25) is 0 Å². The molecule has 1 saturated heterocycles. The van der Waals surface area contributed by atoms with Gasteiger partial charge in [-0.25, -0.2) is 0 Å². The van der Waals surface area contributed by atoms with Crippen LogP contribution in [-0.4, -0.2) is 31.1 Å². The first kappa shape index (κ1) is 18.7. The highest BCUT2D eigenvalue weighted by molar-refractivity contribution is 14.0. The van der Waals surface area contributed by atoms with Crippen LogP contribution in [0.3, 0.4) is 0 Å². The van der Waals surface area contributed by atoms with E-state index in [1.807, 2.05) is 17.8 Å². The average Bonchev–Trinajstić information content (AvgIpc) is 2.46. The zero-order valence-corrected chi connectivity index (χ0v) is 15.9. The van der Waals surface area contributed by atoms with E-state index in [1.54, 1.807) is 19.2 Å². The lowest BCUT2D eigenvalue weighted by Crippen LogP contribution is -2.24. The first-order valence-corrected chi connectivity index (χ1v) is 8.20. The highest BCUT2D eigenvalue weighted by Gasteiger charge is 2.13. The van der Waals surface area contributed by atoms with Crippen molar-refractivity contribution in [3.63, 3.8) is 0 Å². The van der Waals surface area contributed by atoms with Gasteiger partial charge in [0, 0.05) is 12.2 Å². The molecule has 1 aliphatic heterocycles. The van der Waals surface area contributed by atoms with Gasteiger partial charge in [-0.3, -0.25) is 4.99 Å². The Morgan fingerprint density at radius 2 is 2.19 bits per heavy atom. The second-order valence-corrected chi connectivity index (χ2v) is 6.39. The minimum Gasteiger partial charge on any atom is -0.495 e. The number of nitrogens with zero attached hydrogens (tertiary/aromatic N) is 1. The second kappa shape index (κ2) is 9.63. The predicted molar refractivity (Wildman–Crippen MR) is 104 cm³/mol. The molecule has 0 aromatic heterocycles. The zero-order valence-electron chi connectivity index (χ0n) is 12.0. The summed E-state index contributed by atoms with van der Waals surface area (Å²) >= 11 is 8.08. The van der Waals surface area contributed by atoms with Crippen LogP contribution in [0.1, 0.15) is 12.8 Å². The van der Waals surface area contributed by atoms with Crippen LogP contribution in [0.2, 0.25) is 5.02 Å². The van der Waals surface area contributed by atoms with Crippen molar-refractivity contribution >= 4 is 59.0 Å². The molecule has 4 nitrogen and oxygen atoms in total. The van der Waals surface area contributed by atoms with Gasteiger partial charge in [0.25, 0.3) is 0 Å². The molecule has 1 aromatic rings. The summed E-state index contributed by atoms with van der Waals surface area (Å²) in [7, 11) is 1.59. The van der Waals surface area contributed by atoms with E-state index in [1.165, 1.54) is 24.3 Å². The number of halogens is 2. The Morgan fingerprint density at radius 1 is 1.48 bits per heavy atom. The first-order chi connectivity index (χ1) is 9.69. The molecule has 21 heavy (non-hydrogen) atoms. The van der Waals surface area contributed by atoms with Crippen LogP contribution in [0.4, 0.5) is 5.69 Å². The fourth-order valence-electron chi connectivity index (χ4n) is 2.09. The maximum atomic E-state index is 6.06. The number of anilines is 1. The standard InChI is InChI=1S/C14H20ClN3OS.HI/c1-19-13-3-2-11(8-12(13)15)18-14(16)17-9-10-4-6-20-7-5-10;/h2-3,8,10H,4-7,9H2,1H3,(H3,16,17,18);1H. The molecule has 0 saturated carbocycles. The van der Waals surface area contributed by atoms with Crippen LogP contribution in [0.25, 0.3) is 0 Å². The minimum absolute atomic E-state index is 0. The number of benzene rings is 1. The van der Waals surface area contributed by atoms with Crippen LogP contribution in [0.5, 0.6) is 5.75 Å². The fraction of sp³-hybridized carbons (Fsp3) is 0.500. The molecular formula is C14H21ClIN3OS. The molecule has 3 N–H and O–H groups in total. The number of rotatable bonds is 4. The van der Waals surface area contributed by atoms with Crippen LogP contribution >= 0.6 is 47.3 Å². The van der Waals surface area contributed by atoms with E-state index in [4.69, 9.17) is 22.1 Å². The van der Waals surface area contributed by atoms with Crippen molar-refractivity contribution < 1.29 is 4.74 Å². The van der Waals surface area contributed by atoms with Crippen LogP contribution in [-0.2, 0) is 0 Å². The van der Waals surface area contributed by atoms with Gasteiger partial charge in [-0.1, -0.05) is 11.6 Å². The molecule has 1 aliphatic rings. The van der Waals surface area contributed by atoms with E-state index in [0.29, 0.717) is 22.6 Å². The fourth-order valence-corrected chi connectivity index (χ4v) is 3.55. The third-order valence-corrected chi connectivity index (χ3v) is 4.63. The summed E-state index contributed by atoms with van der Waals surface area (Å²) in [5.74, 6) is 4.22. The molecule has 1 aromatic carbocycles. The molecule has 0 bridgehead atoms. The molecule has 2 rings (SSSR count). The topological polar surface area (TPSA) is 59.6 Å². The molecule has 0 atom stereocenters. The largest absolute Gasteiger partial charge is 0.495 e. The summed E-state index contributed by atoms with van der Waals surface area (Å²) in [6.07, 6.45) is 2.46. The molecule has 118 valence electrons. The number of hydrogen-bond donors (Lipinski definition) is 2. The van der Waals surface area contributed by atoms with Crippen LogP contribution in [0, 0.1) is 5.92 Å². The third kappa shape index (κ3) is 6.12. The maximum absolute atomic E-state index is 6.06. The molecule has 0 unspecified atom stereocenters. The van der Waals surface area contributed by atoms with Crippen molar-refractivity contribution in [1.82, 2.24) is 0 Å². The zero-order chi connectivity index (χ0) is 14.4. The molecule has 0 aliphatic carbocycles. The number of nitrogens with one attached hydrogen (secondary N) is 1. The Bertz CT molecular complexity index is 481. The van der Waals surface area contributed by atoms with E-state index < -0.39 is 0 Å². The van der Waals surface area contributed by atoms with Crippen LogP contribution in [0.15, 0.2) is 23.2 Å². The van der Waals surface area contributed by atoms with Gasteiger partial charge in [0.1, 0.15) is 5.75 Å². The molecule has 0 amide bonds. The van der Waals surface area contributed by atoms with E-state index in [9.17, 15) is 0 Å². The Kier molecular flexibility index (Phi) is 8.58. The number of hydrogen-bond acceptors (Lipinski definition) is 3. The van der Waals surface area contributed by atoms with Crippen LogP contribution < -0.4 is 15.8 Å². The molecule has 1 heterocycles. The van der Waals surface area contributed by atoms with Crippen molar-refractivity contribution in [1.29, 1.82) is 0 Å². The van der Waals surface area contributed by atoms with Gasteiger partial charge in [-0.15, -0.1) is 24.0 Å².